The van der Waals surface area contributed by atoms with E-state index in [0.717, 1.165) is 17.8 Å². The molecule has 0 radical (unpaired) electrons. The third-order valence-electron chi connectivity index (χ3n) is 4.33. The Hall–Kier alpha value is -2.88. The maximum Gasteiger partial charge on any atom is 0.251 e. The van der Waals surface area contributed by atoms with Crippen LogP contribution >= 0.6 is 24.0 Å². The van der Waals surface area contributed by atoms with Crippen molar-refractivity contribution in [3.8, 4) is 11.5 Å². The number of hydrogen-bond donors (Lipinski definition) is 3. The van der Waals surface area contributed by atoms with Crippen molar-refractivity contribution in [1.82, 2.24) is 20.9 Å². The first-order valence-electron chi connectivity index (χ1n) is 10.0. The summed E-state index contributed by atoms with van der Waals surface area (Å²) < 4.78 is 5.58. The number of aliphatic imine (C=N–C) groups is 1. The lowest BCUT2D eigenvalue weighted by atomic mass is 10.1. The molecule has 7 nitrogen and oxygen atoms in total. The number of oxazole rings is 1. The van der Waals surface area contributed by atoms with Crippen LogP contribution in [0.1, 0.15) is 28.5 Å². The molecular weight excluding hydrogens is 505 g/mol. The highest BCUT2D eigenvalue weighted by Crippen LogP contribution is 2.19. The average Bonchev–Trinajstić information content (AvgIpc) is 3.25. The standard InChI is InChI=1S/C23H27N5O2.HI/c1-3-24-23(26-14-13-25-21(29)18-7-5-4-6-8-18)27-15-20-16-30-22(28-20)19-11-9-17(2)10-12-19;/h4-12,16H,3,13-15H2,1-2H3,(H,25,29)(H2,24,26,27);1H. The second-order valence-electron chi connectivity index (χ2n) is 6.75. The van der Waals surface area contributed by atoms with E-state index in [1.165, 1.54) is 5.56 Å². The summed E-state index contributed by atoms with van der Waals surface area (Å²) in [6.45, 7) is 6.20. The van der Waals surface area contributed by atoms with Crippen LogP contribution in [-0.4, -0.2) is 36.5 Å². The van der Waals surface area contributed by atoms with E-state index >= 15 is 0 Å². The maximum atomic E-state index is 12.1. The van der Waals surface area contributed by atoms with E-state index in [1.807, 2.05) is 56.3 Å². The summed E-state index contributed by atoms with van der Waals surface area (Å²) in [6.07, 6.45) is 1.63. The Balaban J connectivity index is 0.00000341. The molecule has 0 aliphatic carbocycles. The van der Waals surface area contributed by atoms with Gasteiger partial charge in [0.15, 0.2) is 5.96 Å². The van der Waals surface area contributed by atoms with Gasteiger partial charge in [0.05, 0.1) is 6.54 Å². The van der Waals surface area contributed by atoms with Crippen LogP contribution in [0, 0.1) is 6.92 Å². The fourth-order valence-corrected chi connectivity index (χ4v) is 2.76. The molecule has 0 bridgehead atoms. The quantitative estimate of drug-likeness (QED) is 0.178. The smallest absolute Gasteiger partial charge is 0.251 e. The van der Waals surface area contributed by atoms with Gasteiger partial charge in [0, 0.05) is 30.8 Å². The number of carbonyl (C=O) groups excluding carboxylic acids is 1. The fourth-order valence-electron chi connectivity index (χ4n) is 2.76. The molecule has 0 spiro atoms. The molecule has 3 rings (SSSR count). The van der Waals surface area contributed by atoms with Crippen molar-refractivity contribution < 1.29 is 9.21 Å². The van der Waals surface area contributed by atoms with Gasteiger partial charge in [0.2, 0.25) is 5.89 Å². The fraction of sp³-hybridized carbons (Fsp3) is 0.261. The van der Waals surface area contributed by atoms with Crippen LogP contribution in [0.25, 0.3) is 11.5 Å². The van der Waals surface area contributed by atoms with E-state index in [4.69, 9.17) is 4.42 Å². The van der Waals surface area contributed by atoms with E-state index < -0.39 is 0 Å². The van der Waals surface area contributed by atoms with Crippen molar-refractivity contribution in [3.63, 3.8) is 0 Å². The highest BCUT2D eigenvalue weighted by Gasteiger charge is 2.07. The Morgan fingerprint density at radius 2 is 1.71 bits per heavy atom. The summed E-state index contributed by atoms with van der Waals surface area (Å²) in [5, 5.41) is 9.28. The highest BCUT2D eigenvalue weighted by molar-refractivity contribution is 14.0. The van der Waals surface area contributed by atoms with Crippen LogP contribution in [0.4, 0.5) is 0 Å². The second-order valence-corrected chi connectivity index (χ2v) is 6.75. The lowest BCUT2D eigenvalue weighted by Gasteiger charge is -2.11. The Labute approximate surface area is 199 Å². The number of guanidine groups is 1. The minimum Gasteiger partial charge on any atom is -0.444 e. The van der Waals surface area contributed by atoms with Crippen molar-refractivity contribution in [2.75, 3.05) is 19.6 Å². The number of nitrogens with one attached hydrogen (secondary N) is 3. The Morgan fingerprint density at radius 3 is 2.42 bits per heavy atom. The van der Waals surface area contributed by atoms with Gasteiger partial charge < -0.3 is 20.4 Å². The second kappa shape index (κ2) is 12.7. The molecule has 3 aromatic rings. The average molecular weight is 533 g/mol. The van der Waals surface area contributed by atoms with Crippen molar-refractivity contribution in [3.05, 3.63) is 77.7 Å². The number of amides is 1. The Kier molecular flexibility index (Phi) is 10.0. The summed E-state index contributed by atoms with van der Waals surface area (Å²) in [7, 11) is 0. The summed E-state index contributed by atoms with van der Waals surface area (Å²) in [4.78, 5) is 21.1. The molecule has 1 heterocycles. The van der Waals surface area contributed by atoms with Gasteiger partial charge in [-0.25, -0.2) is 9.98 Å². The van der Waals surface area contributed by atoms with Crippen molar-refractivity contribution in [2.45, 2.75) is 20.4 Å². The van der Waals surface area contributed by atoms with Gasteiger partial charge in [0.1, 0.15) is 12.0 Å². The molecule has 2 aromatic carbocycles. The molecule has 0 saturated carbocycles. The molecular formula is C23H28IN5O2. The predicted octanol–water partition coefficient (Wildman–Crippen LogP) is 3.75. The van der Waals surface area contributed by atoms with Gasteiger partial charge in [-0.2, -0.15) is 0 Å². The zero-order chi connectivity index (χ0) is 21.2. The number of benzene rings is 2. The van der Waals surface area contributed by atoms with Crippen LogP contribution in [0.5, 0.6) is 0 Å². The first kappa shape index (κ1) is 24.4. The lowest BCUT2D eigenvalue weighted by Crippen LogP contribution is -2.41. The van der Waals surface area contributed by atoms with E-state index in [2.05, 4.69) is 25.9 Å². The largest absolute Gasteiger partial charge is 0.444 e. The molecule has 1 aromatic heterocycles. The van der Waals surface area contributed by atoms with Crippen molar-refractivity contribution in [2.24, 2.45) is 4.99 Å². The molecule has 1 amide bonds. The number of aryl methyl sites for hydroxylation is 1. The van der Waals surface area contributed by atoms with E-state index in [9.17, 15) is 4.79 Å². The van der Waals surface area contributed by atoms with Gasteiger partial charge in [-0.1, -0.05) is 35.9 Å². The number of hydrogen-bond acceptors (Lipinski definition) is 4. The molecule has 0 aliphatic rings. The molecule has 0 fully saturated rings. The van der Waals surface area contributed by atoms with Crippen LogP contribution < -0.4 is 16.0 Å². The molecule has 0 saturated heterocycles. The minimum atomic E-state index is -0.0921. The van der Waals surface area contributed by atoms with Crippen LogP contribution in [-0.2, 0) is 6.54 Å². The summed E-state index contributed by atoms with van der Waals surface area (Å²) in [5.41, 5.74) is 3.53. The molecule has 0 atom stereocenters. The molecule has 3 N–H and O–H groups in total. The first-order valence-corrected chi connectivity index (χ1v) is 10.0. The van der Waals surface area contributed by atoms with Crippen molar-refractivity contribution in [1.29, 1.82) is 0 Å². The van der Waals surface area contributed by atoms with Crippen LogP contribution in [0.3, 0.4) is 0 Å². The molecule has 0 unspecified atom stereocenters. The number of aromatic nitrogens is 1. The monoisotopic (exact) mass is 533 g/mol. The molecule has 164 valence electrons. The summed E-state index contributed by atoms with van der Waals surface area (Å²) in [6, 6.07) is 17.2. The van der Waals surface area contributed by atoms with E-state index in [0.29, 0.717) is 37.0 Å². The number of carbonyl (C=O) groups is 1. The van der Waals surface area contributed by atoms with Gasteiger partial charge in [-0.15, -0.1) is 24.0 Å². The molecule has 0 aliphatic heterocycles. The third kappa shape index (κ3) is 7.71. The normalized spacial score (nSPS) is 10.8. The third-order valence-corrected chi connectivity index (χ3v) is 4.33. The van der Waals surface area contributed by atoms with Gasteiger partial charge >= 0.3 is 0 Å². The topological polar surface area (TPSA) is 91.6 Å². The highest BCUT2D eigenvalue weighted by atomic mass is 127. The zero-order valence-electron chi connectivity index (χ0n) is 17.7. The van der Waals surface area contributed by atoms with Gasteiger partial charge in [-0.3, -0.25) is 4.79 Å². The predicted molar refractivity (Wildman–Crippen MR) is 134 cm³/mol. The number of halogens is 1. The molecule has 8 heteroatoms. The SMILES string of the molecule is CCNC(=NCc1coc(-c2ccc(C)cc2)n1)NCCNC(=O)c1ccccc1.I. The van der Waals surface area contributed by atoms with E-state index in [-0.39, 0.29) is 29.9 Å². The minimum absolute atomic E-state index is 0. The Morgan fingerprint density at radius 1 is 1.00 bits per heavy atom. The molecule has 31 heavy (non-hydrogen) atoms. The lowest BCUT2D eigenvalue weighted by molar-refractivity contribution is 0.0954. The zero-order valence-corrected chi connectivity index (χ0v) is 20.1. The first-order chi connectivity index (χ1) is 14.7. The van der Waals surface area contributed by atoms with Crippen LogP contribution in [0.2, 0.25) is 0 Å². The number of nitrogens with zero attached hydrogens (tertiary/aromatic N) is 2. The van der Waals surface area contributed by atoms with Gasteiger partial charge in [0.25, 0.3) is 5.91 Å². The Bertz CT molecular complexity index is 971. The van der Waals surface area contributed by atoms with Crippen LogP contribution in [0.15, 0.2) is 70.3 Å². The van der Waals surface area contributed by atoms with Gasteiger partial charge in [-0.05, 0) is 38.1 Å². The maximum absolute atomic E-state index is 12.1. The summed E-state index contributed by atoms with van der Waals surface area (Å²) >= 11 is 0. The number of rotatable bonds is 8. The van der Waals surface area contributed by atoms with E-state index in [1.54, 1.807) is 18.4 Å². The van der Waals surface area contributed by atoms with Crippen molar-refractivity contribution >= 4 is 35.8 Å². The summed E-state index contributed by atoms with van der Waals surface area (Å²) in [5.74, 6) is 1.15.